The van der Waals surface area contributed by atoms with E-state index in [1.165, 1.54) is 0 Å². The third kappa shape index (κ3) is 3.68. The molecule has 2 N–H and O–H groups in total. The van der Waals surface area contributed by atoms with Crippen LogP contribution in [0.5, 0.6) is 0 Å². The van der Waals surface area contributed by atoms with E-state index in [2.05, 4.69) is 0 Å². The van der Waals surface area contributed by atoms with E-state index >= 15 is 0 Å². The molecule has 0 saturated carbocycles. The van der Waals surface area contributed by atoms with Crippen molar-refractivity contribution in [1.29, 1.82) is 0 Å². The summed E-state index contributed by atoms with van der Waals surface area (Å²) in [6.45, 7) is 3.29. The van der Waals surface area contributed by atoms with Gasteiger partial charge in [-0.05, 0) is 23.6 Å². The van der Waals surface area contributed by atoms with Gasteiger partial charge in [0.2, 0.25) is 5.91 Å². The monoisotopic (exact) mass is 278 g/mol. The average molecular weight is 278 g/mol. The lowest BCUT2D eigenvalue weighted by molar-refractivity contribution is -0.136. The quantitative estimate of drug-likeness (QED) is 0.883. The summed E-state index contributed by atoms with van der Waals surface area (Å²) < 4.78 is 5.32. The fraction of sp³-hybridized carbons (Fsp3) is 0.357. The molecule has 0 fully saturated rings. The molecule has 1 atom stereocenters. The molecule has 4 nitrogen and oxygen atoms in total. The van der Waals surface area contributed by atoms with E-state index in [0.29, 0.717) is 19.6 Å². The average Bonchev–Trinajstić information content (AvgIpc) is 3.09. The van der Waals surface area contributed by atoms with Crippen LogP contribution in [0.15, 0.2) is 40.3 Å². The lowest BCUT2D eigenvalue weighted by Gasteiger charge is -2.24. The molecule has 0 aliphatic carbocycles. The summed E-state index contributed by atoms with van der Waals surface area (Å²) in [6, 6.07) is 7.72. The maximum atomic E-state index is 12.3. The van der Waals surface area contributed by atoms with Gasteiger partial charge in [0, 0.05) is 17.3 Å². The zero-order valence-corrected chi connectivity index (χ0v) is 11.7. The molecular formula is C14H18N2O2S. The maximum absolute atomic E-state index is 12.3. The molecule has 2 heterocycles. The van der Waals surface area contributed by atoms with Crippen molar-refractivity contribution >= 4 is 17.2 Å². The van der Waals surface area contributed by atoms with Crippen molar-refractivity contribution < 1.29 is 9.21 Å². The summed E-state index contributed by atoms with van der Waals surface area (Å²) in [4.78, 5) is 15.3. The first-order valence-corrected chi connectivity index (χ1v) is 7.12. The number of rotatable bonds is 6. The van der Waals surface area contributed by atoms with Crippen molar-refractivity contribution in [3.8, 4) is 0 Å². The molecule has 1 amide bonds. The number of nitrogens with zero attached hydrogens (tertiary/aromatic N) is 1. The van der Waals surface area contributed by atoms with E-state index in [-0.39, 0.29) is 11.8 Å². The van der Waals surface area contributed by atoms with Gasteiger partial charge in [-0.15, -0.1) is 11.3 Å². The zero-order chi connectivity index (χ0) is 13.7. The Labute approximate surface area is 116 Å². The maximum Gasteiger partial charge on any atom is 0.227 e. The highest BCUT2D eigenvalue weighted by molar-refractivity contribution is 7.09. The van der Waals surface area contributed by atoms with E-state index in [1.807, 2.05) is 36.6 Å². The Kier molecular flexibility index (Phi) is 4.76. The molecule has 2 aromatic heterocycles. The lowest BCUT2D eigenvalue weighted by Crippen LogP contribution is -2.36. The summed E-state index contributed by atoms with van der Waals surface area (Å²) >= 11 is 1.64. The highest BCUT2D eigenvalue weighted by Gasteiger charge is 2.21. The summed E-state index contributed by atoms with van der Waals surface area (Å²) in [5.74, 6) is 0.677. The van der Waals surface area contributed by atoms with E-state index < -0.39 is 0 Å². The number of nitrogens with two attached hydrogens (primary N) is 1. The minimum atomic E-state index is -0.171. The standard InChI is InChI=1S/C14H18N2O2S/c1-11(8-15)14(17)16(9-12-4-2-6-18-12)10-13-5-3-7-19-13/h2-7,11H,8-10,15H2,1H3. The van der Waals surface area contributed by atoms with E-state index in [1.54, 1.807) is 22.5 Å². The van der Waals surface area contributed by atoms with Crippen molar-refractivity contribution in [2.75, 3.05) is 6.54 Å². The van der Waals surface area contributed by atoms with Crippen LogP contribution in [0.2, 0.25) is 0 Å². The van der Waals surface area contributed by atoms with Gasteiger partial charge >= 0.3 is 0 Å². The molecule has 1 unspecified atom stereocenters. The molecule has 0 aromatic carbocycles. The minimum Gasteiger partial charge on any atom is -0.467 e. The van der Waals surface area contributed by atoms with Gasteiger partial charge in [-0.1, -0.05) is 13.0 Å². The number of carbonyl (C=O) groups is 1. The second-order valence-electron chi connectivity index (χ2n) is 4.49. The first-order chi connectivity index (χ1) is 9.20. The number of thiophene rings is 1. The molecule has 2 rings (SSSR count). The molecule has 19 heavy (non-hydrogen) atoms. The fourth-order valence-corrected chi connectivity index (χ4v) is 2.52. The topological polar surface area (TPSA) is 59.5 Å². The number of hydrogen-bond donors (Lipinski definition) is 1. The van der Waals surface area contributed by atoms with Crippen LogP contribution in [-0.4, -0.2) is 17.4 Å². The van der Waals surface area contributed by atoms with Crippen LogP contribution in [0.4, 0.5) is 0 Å². The van der Waals surface area contributed by atoms with Gasteiger partial charge in [-0.3, -0.25) is 4.79 Å². The minimum absolute atomic E-state index is 0.0623. The molecule has 0 aliphatic rings. The molecule has 2 aromatic rings. The van der Waals surface area contributed by atoms with Crippen LogP contribution in [0, 0.1) is 5.92 Å². The molecule has 0 aliphatic heterocycles. The summed E-state index contributed by atoms with van der Waals surface area (Å²) in [5, 5.41) is 2.01. The van der Waals surface area contributed by atoms with Gasteiger partial charge in [0.15, 0.2) is 0 Å². The number of carbonyl (C=O) groups excluding carboxylic acids is 1. The Morgan fingerprint density at radius 1 is 1.42 bits per heavy atom. The Bertz CT molecular complexity index is 457. The van der Waals surface area contributed by atoms with Crippen LogP contribution in [0.1, 0.15) is 17.6 Å². The van der Waals surface area contributed by atoms with Gasteiger partial charge in [-0.2, -0.15) is 0 Å². The van der Waals surface area contributed by atoms with Crippen LogP contribution >= 0.6 is 11.3 Å². The Morgan fingerprint density at radius 3 is 2.84 bits per heavy atom. The molecule has 0 saturated heterocycles. The largest absolute Gasteiger partial charge is 0.467 e. The van der Waals surface area contributed by atoms with Crippen molar-refractivity contribution in [2.45, 2.75) is 20.0 Å². The predicted octanol–water partition coefficient (Wildman–Crippen LogP) is 2.46. The third-order valence-corrected chi connectivity index (χ3v) is 3.80. The van der Waals surface area contributed by atoms with E-state index in [0.717, 1.165) is 10.6 Å². The van der Waals surface area contributed by atoms with Crippen LogP contribution in [-0.2, 0) is 17.9 Å². The molecule has 0 spiro atoms. The number of amides is 1. The van der Waals surface area contributed by atoms with Crippen molar-refractivity contribution in [1.82, 2.24) is 4.90 Å². The molecule has 5 heteroatoms. The lowest BCUT2D eigenvalue weighted by atomic mass is 10.1. The van der Waals surface area contributed by atoms with Crippen LogP contribution in [0.3, 0.4) is 0 Å². The smallest absolute Gasteiger partial charge is 0.227 e. The first-order valence-electron chi connectivity index (χ1n) is 6.24. The van der Waals surface area contributed by atoms with Gasteiger partial charge in [-0.25, -0.2) is 0 Å². The first kappa shape index (κ1) is 13.8. The molecule has 0 bridgehead atoms. The molecule has 0 radical (unpaired) electrons. The zero-order valence-electron chi connectivity index (χ0n) is 10.9. The van der Waals surface area contributed by atoms with Crippen molar-refractivity contribution in [3.05, 3.63) is 46.5 Å². The molecule has 102 valence electrons. The highest BCUT2D eigenvalue weighted by Crippen LogP contribution is 2.16. The normalized spacial score (nSPS) is 12.3. The van der Waals surface area contributed by atoms with Crippen molar-refractivity contribution in [3.63, 3.8) is 0 Å². The SMILES string of the molecule is CC(CN)C(=O)N(Cc1ccco1)Cc1cccs1. The van der Waals surface area contributed by atoms with Gasteiger partial charge < -0.3 is 15.1 Å². The van der Waals surface area contributed by atoms with Crippen molar-refractivity contribution in [2.24, 2.45) is 11.7 Å². The van der Waals surface area contributed by atoms with Gasteiger partial charge in [0.25, 0.3) is 0 Å². The summed E-state index contributed by atoms with van der Waals surface area (Å²) in [7, 11) is 0. The Hall–Kier alpha value is -1.59. The fourth-order valence-electron chi connectivity index (χ4n) is 1.81. The van der Waals surface area contributed by atoms with Crippen LogP contribution in [0.25, 0.3) is 0 Å². The highest BCUT2D eigenvalue weighted by atomic mass is 32.1. The third-order valence-electron chi connectivity index (χ3n) is 2.94. The summed E-state index contributed by atoms with van der Waals surface area (Å²) in [5.41, 5.74) is 5.59. The van der Waals surface area contributed by atoms with Crippen LogP contribution < -0.4 is 5.73 Å². The summed E-state index contributed by atoms with van der Waals surface area (Å²) in [6.07, 6.45) is 1.62. The second-order valence-corrected chi connectivity index (χ2v) is 5.52. The van der Waals surface area contributed by atoms with E-state index in [4.69, 9.17) is 10.2 Å². The predicted molar refractivity (Wildman–Crippen MR) is 75.5 cm³/mol. The van der Waals surface area contributed by atoms with E-state index in [9.17, 15) is 4.79 Å². The Balaban J connectivity index is 2.10. The van der Waals surface area contributed by atoms with Gasteiger partial charge in [0.1, 0.15) is 5.76 Å². The van der Waals surface area contributed by atoms with Gasteiger partial charge in [0.05, 0.1) is 19.4 Å². The molecular weight excluding hydrogens is 260 g/mol. The Morgan fingerprint density at radius 2 is 2.26 bits per heavy atom. The second kappa shape index (κ2) is 6.54. The number of hydrogen-bond acceptors (Lipinski definition) is 4. The number of furan rings is 1.